The van der Waals surface area contributed by atoms with Crippen molar-refractivity contribution in [2.45, 2.75) is 52.6 Å². The summed E-state index contributed by atoms with van der Waals surface area (Å²) >= 11 is 0. The molecule has 9 nitrogen and oxygen atoms in total. The highest BCUT2D eigenvalue weighted by molar-refractivity contribution is 7.92. The zero-order valence-corrected chi connectivity index (χ0v) is 24.1. The van der Waals surface area contributed by atoms with E-state index in [9.17, 15) is 18.0 Å². The van der Waals surface area contributed by atoms with E-state index in [1.807, 2.05) is 45.0 Å². The molecule has 0 aliphatic carbocycles. The van der Waals surface area contributed by atoms with Gasteiger partial charge in [-0.15, -0.1) is 0 Å². The average molecular weight is 548 g/mol. The maximum absolute atomic E-state index is 13.5. The summed E-state index contributed by atoms with van der Waals surface area (Å²) < 4.78 is 36.8. The molecule has 38 heavy (non-hydrogen) atoms. The number of amides is 2. The summed E-state index contributed by atoms with van der Waals surface area (Å²) in [6.45, 7) is 6.77. The van der Waals surface area contributed by atoms with E-state index in [-0.39, 0.29) is 43.7 Å². The second kappa shape index (κ2) is 14.6. The molecule has 2 aromatic carbocycles. The van der Waals surface area contributed by atoms with Gasteiger partial charge < -0.3 is 19.7 Å². The molecule has 0 saturated heterocycles. The minimum absolute atomic E-state index is 0.0834. The van der Waals surface area contributed by atoms with E-state index < -0.39 is 16.1 Å². The third-order valence-corrected chi connectivity index (χ3v) is 7.26. The maximum atomic E-state index is 13.5. The van der Waals surface area contributed by atoms with Gasteiger partial charge in [0.1, 0.15) is 17.5 Å². The molecular formula is C28H41N3O6S. The molecule has 1 atom stereocenters. The van der Waals surface area contributed by atoms with Crippen LogP contribution >= 0.6 is 0 Å². The van der Waals surface area contributed by atoms with E-state index in [2.05, 4.69) is 5.32 Å². The van der Waals surface area contributed by atoms with Gasteiger partial charge in [-0.05, 0) is 60.7 Å². The SMILES string of the molecule is CC[C@H](C(=O)NCC(C)C)N(Cc1cccc(OC)c1)C(=O)CCCN(c1ccc(OC)cc1)S(C)(=O)=O. The van der Waals surface area contributed by atoms with Gasteiger partial charge in [0.2, 0.25) is 21.8 Å². The second-order valence-electron chi connectivity index (χ2n) is 9.57. The predicted octanol–water partition coefficient (Wildman–Crippen LogP) is 3.83. The number of hydrogen-bond donors (Lipinski definition) is 1. The van der Waals surface area contributed by atoms with E-state index in [1.165, 1.54) is 4.31 Å². The average Bonchev–Trinajstić information content (AvgIpc) is 2.89. The van der Waals surface area contributed by atoms with Crippen LogP contribution in [0.5, 0.6) is 11.5 Å². The Hall–Kier alpha value is -3.27. The summed E-state index contributed by atoms with van der Waals surface area (Å²) in [4.78, 5) is 28.2. The summed E-state index contributed by atoms with van der Waals surface area (Å²) in [7, 11) is -0.456. The minimum Gasteiger partial charge on any atom is -0.497 e. The van der Waals surface area contributed by atoms with Gasteiger partial charge in [0.15, 0.2) is 0 Å². The quantitative estimate of drug-likeness (QED) is 0.363. The summed E-state index contributed by atoms with van der Waals surface area (Å²) in [5.41, 5.74) is 1.33. The smallest absolute Gasteiger partial charge is 0.242 e. The van der Waals surface area contributed by atoms with Crippen molar-refractivity contribution >= 4 is 27.5 Å². The van der Waals surface area contributed by atoms with Crippen molar-refractivity contribution in [1.29, 1.82) is 0 Å². The zero-order valence-electron chi connectivity index (χ0n) is 23.3. The Kier molecular flexibility index (Phi) is 11.9. The molecule has 10 heteroatoms. The van der Waals surface area contributed by atoms with Crippen LogP contribution in [0, 0.1) is 5.92 Å². The van der Waals surface area contributed by atoms with Crippen LogP contribution in [0.4, 0.5) is 5.69 Å². The van der Waals surface area contributed by atoms with Crippen molar-refractivity contribution in [2.75, 3.05) is 37.9 Å². The van der Waals surface area contributed by atoms with Crippen molar-refractivity contribution in [3.63, 3.8) is 0 Å². The molecule has 0 aliphatic heterocycles. The molecule has 1 N–H and O–H groups in total. The molecule has 0 bridgehead atoms. The number of carbonyl (C=O) groups is 2. The Bertz CT molecular complexity index is 1150. The summed E-state index contributed by atoms with van der Waals surface area (Å²) in [5, 5.41) is 2.95. The first-order valence-electron chi connectivity index (χ1n) is 12.8. The van der Waals surface area contributed by atoms with Crippen LogP contribution in [0.15, 0.2) is 48.5 Å². The zero-order chi connectivity index (χ0) is 28.3. The number of ether oxygens (including phenoxy) is 2. The number of carbonyl (C=O) groups excluding carboxylic acids is 2. The van der Waals surface area contributed by atoms with Crippen LogP contribution in [-0.4, -0.2) is 64.7 Å². The molecule has 0 radical (unpaired) electrons. The fraction of sp³-hybridized carbons (Fsp3) is 0.500. The van der Waals surface area contributed by atoms with Crippen LogP contribution < -0.4 is 19.1 Å². The lowest BCUT2D eigenvalue weighted by atomic mass is 10.1. The highest BCUT2D eigenvalue weighted by Crippen LogP contribution is 2.23. The second-order valence-corrected chi connectivity index (χ2v) is 11.5. The number of hydrogen-bond acceptors (Lipinski definition) is 6. The van der Waals surface area contributed by atoms with Crippen molar-refractivity contribution in [2.24, 2.45) is 5.92 Å². The molecule has 2 amide bonds. The number of sulfonamides is 1. The molecule has 2 rings (SSSR count). The summed E-state index contributed by atoms with van der Waals surface area (Å²) in [6.07, 6.45) is 1.96. The van der Waals surface area contributed by atoms with Gasteiger partial charge in [-0.25, -0.2) is 8.42 Å². The Labute approximate surface area is 227 Å². The Morgan fingerprint density at radius 1 is 1.00 bits per heavy atom. The normalized spacial score (nSPS) is 12.1. The fourth-order valence-corrected chi connectivity index (χ4v) is 5.03. The molecule has 0 unspecified atom stereocenters. The van der Waals surface area contributed by atoms with Gasteiger partial charge in [-0.2, -0.15) is 0 Å². The van der Waals surface area contributed by atoms with E-state index >= 15 is 0 Å². The van der Waals surface area contributed by atoms with Gasteiger partial charge >= 0.3 is 0 Å². The topological polar surface area (TPSA) is 105 Å². The molecule has 0 heterocycles. The highest BCUT2D eigenvalue weighted by atomic mass is 32.2. The first-order chi connectivity index (χ1) is 18.0. The van der Waals surface area contributed by atoms with Crippen molar-refractivity contribution in [3.05, 3.63) is 54.1 Å². The largest absolute Gasteiger partial charge is 0.497 e. The standard InChI is InChI=1S/C28H41N3O6S/c1-7-26(28(33)29-19-21(2)3)30(20-22-10-8-11-25(18-22)37-5)27(32)12-9-17-31(38(6,34)35)23-13-15-24(36-4)16-14-23/h8,10-11,13-16,18,21,26H,7,9,12,17,19-20H2,1-6H3,(H,29,33)/t26-/m1/s1. The van der Waals surface area contributed by atoms with Crippen LogP contribution in [0.1, 0.15) is 45.6 Å². The van der Waals surface area contributed by atoms with Crippen LogP contribution in [0.2, 0.25) is 0 Å². The first-order valence-corrected chi connectivity index (χ1v) is 14.7. The summed E-state index contributed by atoms with van der Waals surface area (Å²) in [6, 6.07) is 13.5. The predicted molar refractivity (Wildman–Crippen MR) is 150 cm³/mol. The maximum Gasteiger partial charge on any atom is 0.242 e. The number of nitrogens with one attached hydrogen (secondary N) is 1. The Morgan fingerprint density at radius 2 is 1.66 bits per heavy atom. The number of nitrogens with zero attached hydrogens (tertiary/aromatic N) is 2. The van der Waals surface area contributed by atoms with Crippen LogP contribution in [0.3, 0.4) is 0 Å². The lowest BCUT2D eigenvalue weighted by Crippen LogP contribution is -2.49. The van der Waals surface area contributed by atoms with E-state index in [4.69, 9.17) is 9.47 Å². The van der Waals surface area contributed by atoms with Gasteiger partial charge in [0.05, 0.1) is 26.2 Å². The van der Waals surface area contributed by atoms with Crippen molar-refractivity contribution in [1.82, 2.24) is 10.2 Å². The van der Waals surface area contributed by atoms with Crippen molar-refractivity contribution in [3.8, 4) is 11.5 Å². The third kappa shape index (κ3) is 9.24. The van der Waals surface area contributed by atoms with E-state index in [0.29, 0.717) is 30.2 Å². The van der Waals surface area contributed by atoms with Crippen molar-refractivity contribution < 1.29 is 27.5 Å². The number of benzene rings is 2. The highest BCUT2D eigenvalue weighted by Gasteiger charge is 2.29. The minimum atomic E-state index is -3.57. The number of anilines is 1. The van der Waals surface area contributed by atoms with Crippen LogP contribution in [-0.2, 0) is 26.2 Å². The lowest BCUT2D eigenvalue weighted by molar-refractivity contribution is -0.141. The molecule has 0 fully saturated rings. The van der Waals surface area contributed by atoms with E-state index in [1.54, 1.807) is 43.4 Å². The van der Waals surface area contributed by atoms with Gasteiger partial charge in [0.25, 0.3) is 0 Å². The van der Waals surface area contributed by atoms with Gasteiger partial charge in [-0.1, -0.05) is 32.9 Å². The van der Waals surface area contributed by atoms with E-state index in [0.717, 1.165) is 11.8 Å². The molecule has 0 aromatic heterocycles. The van der Waals surface area contributed by atoms with Gasteiger partial charge in [-0.3, -0.25) is 13.9 Å². The molecule has 2 aromatic rings. The molecule has 0 saturated carbocycles. The first kappa shape index (κ1) is 31.0. The van der Waals surface area contributed by atoms with Gasteiger partial charge in [0, 0.05) is 26.1 Å². The third-order valence-electron chi connectivity index (χ3n) is 6.07. The Balaban J connectivity index is 2.22. The monoisotopic (exact) mass is 547 g/mol. The summed E-state index contributed by atoms with van der Waals surface area (Å²) in [5.74, 6) is 1.14. The molecule has 0 aliphatic rings. The molecule has 0 spiro atoms. The lowest BCUT2D eigenvalue weighted by Gasteiger charge is -2.31. The number of methoxy groups -OCH3 is 2. The Morgan fingerprint density at radius 3 is 2.21 bits per heavy atom. The van der Waals surface area contributed by atoms with Crippen LogP contribution in [0.25, 0.3) is 0 Å². The molecular weight excluding hydrogens is 506 g/mol. The fourth-order valence-electron chi connectivity index (χ4n) is 4.06. The molecule has 210 valence electrons. The number of rotatable bonds is 15.